The molecule has 1 saturated heterocycles. The largest absolute Gasteiger partial charge is 0.480 e. The molecule has 1 fully saturated rings. The lowest BCUT2D eigenvalue weighted by molar-refractivity contribution is -0.140. The van der Waals surface area contributed by atoms with Crippen LogP contribution in [-0.2, 0) is 14.8 Å². The fourth-order valence-electron chi connectivity index (χ4n) is 2.01. The predicted octanol–water partition coefficient (Wildman–Crippen LogP) is -0.838. The topological polar surface area (TPSA) is 132 Å². The summed E-state index contributed by atoms with van der Waals surface area (Å²) in [7, 11) is -4.07. The number of carboxylic acid groups (broad SMARTS) is 1. The Labute approximate surface area is 114 Å². The molecule has 0 radical (unpaired) electrons. The van der Waals surface area contributed by atoms with Gasteiger partial charge in [0.25, 0.3) is 0 Å². The average Bonchev–Trinajstić information content (AvgIpc) is 2.82. The third-order valence-corrected chi connectivity index (χ3v) is 4.83. The molecular formula is C11H11N3O5S. The maximum atomic E-state index is 12.3. The molecule has 0 spiro atoms. The van der Waals surface area contributed by atoms with Gasteiger partial charge in [-0.25, -0.2) is 13.4 Å². The lowest BCUT2D eigenvalue weighted by Crippen LogP contribution is -2.40. The molecule has 1 aromatic rings. The summed E-state index contributed by atoms with van der Waals surface area (Å²) in [5, 5.41) is 27.1. The van der Waals surface area contributed by atoms with Gasteiger partial charge in [-0.05, 0) is 12.1 Å². The summed E-state index contributed by atoms with van der Waals surface area (Å²) in [5.74, 6) is -1.31. The zero-order chi connectivity index (χ0) is 14.9. The molecule has 0 saturated carbocycles. The van der Waals surface area contributed by atoms with E-state index in [1.165, 1.54) is 12.1 Å². The zero-order valence-corrected chi connectivity index (χ0v) is 11.0. The summed E-state index contributed by atoms with van der Waals surface area (Å²) >= 11 is 0. The highest BCUT2D eigenvalue weighted by Crippen LogP contribution is 2.26. The first kappa shape index (κ1) is 14.4. The second-order valence-corrected chi connectivity index (χ2v) is 6.20. The third kappa shape index (κ3) is 2.49. The molecule has 0 unspecified atom stereocenters. The number of carboxylic acids is 1. The number of aliphatic hydroxyl groups is 1. The molecule has 1 aliphatic rings. The van der Waals surface area contributed by atoms with E-state index >= 15 is 0 Å². The molecule has 0 aliphatic carbocycles. The van der Waals surface area contributed by atoms with Crippen LogP contribution in [0, 0.1) is 11.3 Å². The second-order valence-electron chi connectivity index (χ2n) is 4.31. The Bertz CT molecular complexity index is 664. The predicted molar refractivity (Wildman–Crippen MR) is 64.9 cm³/mol. The summed E-state index contributed by atoms with van der Waals surface area (Å²) in [6, 6.07) is 2.87. The van der Waals surface area contributed by atoms with Crippen molar-refractivity contribution >= 4 is 16.0 Å². The Kier molecular flexibility index (Phi) is 3.71. The smallest absolute Gasteiger partial charge is 0.322 e. The van der Waals surface area contributed by atoms with Crippen LogP contribution in [-0.4, -0.2) is 52.6 Å². The van der Waals surface area contributed by atoms with Gasteiger partial charge in [-0.1, -0.05) is 0 Å². The highest BCUT2D eigenvalue weighted by molar-refractivity contribution is 7.89. The van der Waals surface area contributed by atoms with E-state index in [1.807, 2.05) is 0 Å². The van der Waals surface area contributed by atoms with E-state index in [0.717, 1.165) is 10.5 Å². The van der Waals surface area contributed by atoms with Crippen LogP contribution in [0.25, 0.3) is 0 Å². The molecule has 2 N–H and O–H groups in total. The van der Waals surface area contributed by atoms with Gasteiger partial charge in [0.05, 0.1) is 6.10 Å². The van der Waals surface area contributed by atoms with E-state index < -0.39 is 28.1 Å². The number of rotatable bonds is 3. The molecule has 106 valence electrons. The maximum absolute atomic E-state index is 12.3. The monoisotopic (exact) mass is 297 g/mol. The van der Waals surface area contributed by atoms with Gasteiger partial charge in [0, 0.05) is 19.2 Å². The highest BCUT2D eigenvalue weighted by atomic mass is 32.2. The quantitative estimate of drug-likeness (QED) is 0.743. The number of nitrogens with zero attached hydrogens (tertiary/aromatic N) is 3. The molecule has 1 aliphatic heterocycles. The summed E-state index contributed by atoms with van der Waals surface area (Å²) < 4.78 is 25.4. The first-order valence-electron chi connectivity index (χ1n) is 5.65. The number of aromatic nitrogens is 1. The molecule has 1 aromatic heterocycles. The Balaban J connectivity index is 2.38. The number of sulfonamides is 1. The fourth-order valence-corrected chi connectivity index (χ4v) is 3.59. The van der Waals surface area contributed by atoms with E-state index in [4.69, 9.17) is 10.4 Å². The van der Waals surface area contributed by atoms with Crippen LogP contribution < -0.4 is 0 Å². The molecule has 0 aromatic carbocycles. The number of aliphatic hydroxyl groups excluding tert-OH is 1. The molecule has 2 atom stereocenters. The Morgan fingerprint density at radius 3 is 2.70 bits per heavy atom. The zero-order valence-electron chi connectivity index (χ0n) is 10.2. The van der Waals surface area contributed by atoms with Crippen molar-refractivity contribution in [2.24, 2.45) is 0 Å². The van der Waals surface area contributed by atoms with Crippen LogP contribution >= 0.6 is 0 Å². The van der Waals surface area contributed by atoms with E-state index in [9.17, 15) is 18.3 Å². The van der Waals surface area contributed by atoms with Crippen molar-refractivity contribution in [1.29, 1.82) is 5.26 Å². The van der Waals surface area contributed by atoms with Gasteiger partial charge in [0.1, 0.15) is 22.7 Å². The number of hydrogen-bond acceptors (Lipinski definition) is 6. The summed E-state index contributed by atoms with van der Waals surface area (Å²) in [5.41, 5.74) is 0.0557. The van der Waals surface area contributed by atoms with Gasteiger partial charge in [-0.15, -0.1) is 0 Å². The molecule has 0 amide bonds. The Hall–Kier alpha value is -2.02. The van der Waals surface area contributed by atoms with Crippen molar-refractivity contribution in [3.63, 3.8) is 0 Å². The number of hydrogen-bond donors (Lipinski definition) is 2. The minimum absolute atomic E-state index is 0.0557. The Morgan fingerprint density at radius 1 is 1.50 bits per heavy atom. The number of β-amino-alcohol motifs (C(OH)–C–C–N with tert-alkyl or cyclic N) is 1. The van der Waals surface area contributed by atoms with E-state index in [2.05, 4.69) is 4.98 Å². The molecule has 8 nitrogen and oxygen atoms in total. The lowest BCUT2D eigenvalue weighted by atomic mass is 10.2. The van der Waals surface area contributed by atoms with E-state index in [-0.39, 0.29) is 23.6 Å². The maximum Gasteiger partial charge on any atom is 0.322 e. The lowest BCUT2D eigenvalue weighted by Gasteiger charge is -2.20. The number of carbonyl (C=O) groups is 1. The third-order valence-electron chi connectivity index (χ3n) is 2.98. The summed E-state index contributed by atoms with van der Waals surface area (Å²) in [4.78, 5) is 14.5. The van der Waals surface area contributed by atoms with E-state index in [0.29, 0.717) is 0 Å². The first-order chi connectivity index (χ1) is 9.36. The molecule has 20 heavy (non-hydrogen) atoms. The standard InChI is InChI=1S/C11H11N3O5S/c12-4-7-1-2-9(5-13-7)20(18,19)14-6-8(15)3-10(14)11(16)17/h1-2,5,8,10,15H,3,6H2,(H,16,17)/t8-,10-/m0/s1. The van der Waals surface area contributed by atoms with Gasteiger partial charge in [0.2, 0.25) is 10.0 Å². The van der Waals surface area contributed by atoms with Gasteiger partial charge in [-0.2, -0.15) is 9.57 Å². The van der Waals surface area contributed by atoms with Crippen LogP contribution in [0.1, 0.15) is 12.1 Å². The van der Waals surface area contributed by atoms with Crippen molar-refractivity contribution in [1.82, 2.24) is 9.29 Å². The minimum Gasteiger partial charge on any atom is -0.480 e. The van der Waals surface area contributed by atoms with Crippen molar-refractivity contribution in [2.75, 3.05) is 6.54 Å². The second kappa shape index (κ2) is 5.16. The van der Waals surface area contributed by atoms with Crippen LogP contribution in [0.15, 0.2) is 23.2 Å². The minimum atomic E-state index is -4.07. The van der Waals surface area contributed by atoms with E-state index in [1.54, 1.807) is 6.07 Å². The van der Waals surface area contributed by atoms with Crippen LogP contribution in [0.2, 0.25) is 0 Å². The van der Waals surface area contributed by atoms with Crippen LogP contribution in [0.3, 0.4) is 0 Å². The van der Waals surface area contributed by atoms with Crippen LogP contribution in [0.4, 0.5) is 0 Å². The SMILES string of the molecule is N#Cc1ccc(S(=O)(=O)N2C[C@@H](O)C[C@H]2C(=O)O)cn1. The number of nitriles is 1. The normalized spacial score (nSPS) is 23.4. The van der Waals surface area contributed by atoms with Crippen molar-refractivity contribution in [3.8, 4) is 6.07 Å². The fraction of sp³-hybridized carbons (Fsp3) is 0.364. The molecule has 2 heterocycles. The molecule has 0 bridgehead atoms. The van der Waals surface area contributed by atoms with Crippen molar-refractivity contribution in [2.45, 2.75) is 23.5 Å². The van der Waals surface area contributed by atoms with Gasteiger partial charge >= 0.3 is 5.97 Å². The van der Waals surface area contributed by atoms with Gasteiger partial charge < -0.3 is 10.2 Å². The van der Waals surface area contributed by atoms with Crippen LogP contribution in [0.5, 0.6) is 0 Å². The molecule has 2 rings (SSSR count). The van der Waals surface area contributed by atoms with Gasteiger partial charge in [-0.3, -0.25) is 4.79 Å². The summed E-state index contributed by atoms with van der Waals surface area (Å²) in [6.45, 7) is -0.278. The van der Waals surface area contributed by atoms with Gasteiger partial charge in [0.15, 0.2) is 0 Å². The van der Waals surface area contributed by atoms with Crippen molar-refractivity contribution in [3.05, 3.63) is 24.0 Å². The summed E-state index contributed by atoms with van der Waals surface area (Å²) in [6.07, 6.45) is -0.173. The highest BCUT2D eigenvalue weighted by Gasteiger charge is 2.43. The Morgan fingerprint density at radius 2 is 2.20 bits per heavy atom. The van der Waals surface area contributed by atoms with Crippen molar-refractivity contribution < 1.29 is 23.4 Å². The number of pyridine rings is 1. The average molecular weight is 297 g/mol. The number of aliphatic carboxylic acids is 1. The first-order valence-corrected chi connectivity index (χ1v) is 7.09. The molecular weight excluding hydrogens is 286 g/mol. The molecule has 9 heteroatoms.